The van der Waals surface area contributed by atoms with Gasteiger partial charge in [-0.3, -0.25) is 14.9 Å². The Balaban J connectivity index is 1.88. The summed E-state index contributed by atoms with van der Waals surface area (Å²) >= 11 is 1.50. The highest BCUT2D eigenvalue weighted by atomic mass is 32.1. The molecule has 0 saturated carbocycles. The highest BCUT2D eigenvalue weighted by Crippen LogP contribution is 2.30. The minimum Gasteiger partial charge on any atom is -0.326 e. The molecule has 1 amide bonds. The maximum absolute atomic E-state index is 12.2. The van der Waals surface area contributed by atoms with Crippen LogP contribution in [0.1, 0.15) is 38.6 Å². The second kappa shape index (κ2) is 4.86. The van der Waals surface area contributed by atoms with Gasteiger partial charge in [-0.15, -0.1) is 11.3 Å². The number of aryl methyl sites for hydroxylation is 4. The van der Waals surface area contributed by atoms with Gasteiger partial charge in [-0.05, 0) is 44.7 Å². The smallest absolute Gasteiger partial charge is 0.263 e. The zero-order chi connectivity index (χ0) is 14.3. The van der Waals surface area contributed by atoms with Crippen LogP contribution >= 0.6 is 11.3 Å². The van der Waals surface area contributed by atoms with E-state index in [-0.39, 0.29) is 11.1 Å². The van der Waals surface area contributed by atoms with Gasteiger partial charge in [0.05, 0.1) is 5.69 Å². The molecule has 2 aromatic heterocycles. The molecule has 6 heteroatoms. The molecule has 2 N–H and O–H groups in total. The van der Waals surface area contributed by atoms with Crippen molar-refractivity contribution in [3.05, 3.63) is 43.8 Å². The first kappa shape index (κ1) is 13.1. The van der Waals surface area contributed by atoms with Crippen molar-refractivity contribution >= 4 is 22.4 Å². The number of aromatic nitrogens is 2. The van der Waals surface area contributed by atoms with Gasteiger partial charge in [0.2, 0.25) is 0 Å². The van der Waals surface area contributed by atoms with Crippen molar-refractivity contribution in [1.82, 2.24) is 9.97 Å². The van der Waals surface area contributed by atoms with Crippen molar-refractivity contribution in [1.29, 1.82) is 0 Å². The first-order valence-corrected chi connectivity index (χ1v) is 7.36. The van der Waals surface area contributed by atoms with E-state index in [9.17, 15) is 9.59 Å². The Morgan fingerprint density at radius 1 is 1.40 bits per heavy atom. The lowest BCUT2D eigenvalue weighted by molar-refractivity contribution is 0.102. The molecular weight excluding hydrogens is 274 g/mol. The lowest BCUT2D eigenvalue weighted by Crippen LogP contribution is -2.25. The lowest BCUT2D eigenvalue weighted by atomic mass is 10.1. The van der Waals surface area contributed by atoms with Gasteiger partial charge in [0.1, 0.15) is 5.56 Å². The lowest BCUT2D eigenvalue weighted by Gasteiger charge is -2.05. The maximum atomic E-state index is 12.2. The third kappa shape index (κ3) is 2.27. The highest BCUT2D eigenvalue weighted by molar-refractivity contribution is 7.16. The van der Waals surface area contributed by atoms with E-state index >= 15 is 0 Å². The average Bonchev–Trinajstić information content (AvgIpc) is 2.87. The van der Waals surface area contributed by atoms with Crippen molar-refractivity contribution in [3.8, 4) is 0 Å². The number of aromatic amines is 1. The third-order valence-corrected chi connectivity index (χ3v) is 4.48. The quantitative estimate of drug-likeness (QED) is 0.890. The average molecular weight is 289 g/mol. The fraction of sp³-hybridized carbons (Fsp3) is 0.357. The first-order valence-electron chi connectivity index (χ1n) is 6.55. The molecule has 0 bridgehead atoms. The third-order valence-electron chi connectivity index (χ3n) is 3.41. The summed E-state index contributed by atoms with van der Waals surface area (Å²) in [4.78, 5) is 32.4. The molecule has 5 nitrogen and oxygen atoms in total. The normalized spacial score (nSPS) is 13.3. The van der Waals surface area contributed by atoms with Crippen LogP contribution in [0.25, 0.3) is 0 Å². The molecule has 0 radical (unpaired) electrons. The van der Waals surface area contributed by atoms with Crippen LogP contribution in [0.15, 0.2) is 10.9 Å². The number of H-pyrrole nitrogens is 1. The van der Waals surface area contributed by atoms with E-state index in [0.717, 1.165) is 30.7 Å². The summed E-state index contributed by atoms with van der Waals surface area (Å²) < 4.78 is 0. The molecule has 2 aromatic rings. The molecule has 2 heterocycles. The van der Waals surface area contributed by atoms with Crippen molar-refractivity contribution in [2.75, 3.05) is 5.32 Å². The fourth-order valence-corrected chi connectivity index (χ4v) is 3.58. The van der Waals surface area contributed by atoms with Crippen molar-refractivity contribution in [2.45, 2.75) is 33.1 Å². The number of pyridine rings is 1. The number of nitrogens with one attached hydrogen (secondary N) is 2. The van der Waals surface area contributed by atoms with E-state index in [0.29, 0.717) is 10.7 Å². The van der Waals surface area contributed by atoms with Crippen LogP contribution in [0, 0.1) is 13.8 Å². The topological polar surface area (TPSA) is 74.8 Å². The number of rotatable bonds is 2. The molecule has 3 rings (SSSR count). The van der Waals surface area contributed by atoms with Gasteiger partial charge in [-0.25, -0.2) is 4.98 Å². The first-order chi connectivity index (χ1) is 9.54. The summed E-state index contributed by atoms with van der Waals surface area (Å²) in [5, 5.41) is 3.32. The van der Waals surface area contributed by atoms with Gasteiger partial charge >= 0.3 is 0 Å². The SMILES string of the molecule is Cc1cc(C)c(C(=O)Nc2nc3c(s2)CCC3)c(=O)[nH]1. The zero-order valence-corrected chi connectivity index (χ0v) is 12.2. The van der Waals surface area contributed by atoms with Crippen LogP contribution in [0.5, 0.6) is 0 Å². The summed E-state index contributed by atoms with van der Waals surface area (Å²) in [7, 11) is 0. The van der Waals surface area contributed by atoms with E-state index in [1.165, 1.54) is 16.2 Å². The molecule has 0 unspecified atom stereocenters. The summed E-state index contributed by atoms with van der Waals surface area (Å²) in [5.41, 5.74) is 2.31. The largest absolute Gasteiger partial charge is 0.326 e. The van der Waals surface area contributed by atoms with Gasteiger partial charge in [-0.1, -0.05) is 0 Å². The fourth-order valence-electron chi connectivity index (χ4n) is 2.54. The molecular formula is C14H15N3O2S. The second-order valence-electron chi connectivity index (χ2n) is 5.04. The van der Waals surface area contributed by atoms with Gasteiger partial charge in [0.15, 0.2) is 5.13 Å². The number of fused-ring (bicyclic) bond motifs is 1. The van der Waals surface area contributed by atoms with E-state index in [4.69, 9.17) is 0 Å². The molecule has 104 valence electrons. The number of amides is 1. The molecule has 0 fully saturated rings. The predicted octanol–water partition coefficient (Wildman–Crippen LogP) is 2.19. The van der Waals surface area contributed by atoms with E-state index in [1.807, 2.05) is 0 Å². The summed E-state index contributed by atoms with van der Waals surface area (Å²) in [5.74, 6) is -0.392. The zero-order valence-electron chi connectivity index (χ0n) is 11.4. The molecule has 0 aromatic carbocycles. The van der Waals surface area contributed by atoms with E-state index in [1.54, 1.807) is 19.9 Å². The minimum atomic E-state index is -0.392. The molecule has 1 aliphatic carbocycles. The Kier molecular flexibility index (Phi) is 3.17. The van der Waals surface area contributed by atoms with Crippen molar-refractivity contribution in [2.24, 2.45) is 0 Å². The maximum Gasteiger partial charge on any atom is 0.263 e. The van der Waals surface area contributed by atoms with Crippen LogP contribution in [-0.2, 0) is 12.8 Å². The van der Waals surface area contributed by atoms with Gasteiger partial charge in [-0.2, -0.15) is 0 Å². The number of hydrogen-bond acceptors (Lipinski definition) is 4. The molecule has 1 aliphatic rings. The Morgan fingerprint density at radius 2 is 2.20 bits per heavy atom. The van der Waals surface area contributed by atoms with Gasteiger partial charge in [0.25, 0.3) is 11.5 Å². The minimum absolute atomic E-state index is 0.158. The summed E-state index contributed by atoms with van der Waals surface area (Å²) in [6.45, 7) is 3.56. The number of anilines is 1. The number of carbonyl (C=O) groups is 1. The Morgan fingerprint density at radius 3 is 2.90 bits per heavy atom. The molecule has 0 atom stereocenters. The van der Waals surface area contributed by atoms with Gasteiger partial charge in [0, 0.05) is 10.6 Å². The summed E-state index contributed by atoms with van der Waals surface area (Å²) in [6.07, 6.45) is 3.15. The number of thiazole rings is 1. The highest BCUT2D eigenvalue weighted by Gasteiger charge is 2.20. The van der Waals surface area contributed by atoms with Crippen LogP contribution < -0.4 is 10.9 Å². The van der Waals surface area contributed by atoms with Gasteiger partial charge < -0.3 is 4.98 Å². The number of nitrogens with zero attached hydrogens (tertiary/aromatic N) is 1. The van der Waals surface area contributed by atoms with Crippen LogP contribution in [-0.4, -0.2) is 15.9 Å². The van der Waals surface area contributed by atoms with Crippen molar-refractivity contribution in [3.63, 3.8) is 0 Å². The number of hydrogen-bond donors (Lipinski definition) is 2. The predicted molar refractivity (Wildman–Crippen MR) is 78.6 cm³/mol. The van der Waals surface area contributed by atoms with E-state index < -0.39 is 5.91 Å². The van der Waals surface area contributed by atoms with Crippen molar-refractivity contribution < 1.29 is 4.79 Å². The van der Waals surface area contributed by atoms with E-state index in [2.05, 4.69) is 15.3 Å². The van der Waals surface area contributed by atoms with Crippen LogP contribution in [0.4, 0.5) is 5.13 Å². The second-order valence-corrected chi connectivity index (χ2v) is 6.12. The monoisotopic (exact) mass is 289 g/mol. The molecule has 0 saturated heterocycles. The Hall–Kier alpha value is -1.95. The number of carbonyl (C=O) groups excluding carboxylic acids is 1. The summed E-state index contributed by atoms with van der Waals surface area (Å²) in [6, 6.07) is 1.79. The Labute approximate surface area is 120 Å². The molecule has 0 aliphatic heterocycles. The van der Waals surface area contributed by atoms with Crippen LogP contribution in [0.2, 0.25) is 0 Å². The molecule has 20 heavy (non-hydrogen) atoms. The molecule has 0 spiro atoms. The standard InChI is InChI=1S/C14H15N3O2S/c1-7-6-8(2)15-12(18)11(7)13(19)17-14-16-9-4-3-5-10(9)20-14/h6H,3-5H2,1-2H3,(H,15,18)(H,16,17,19). The van der Waals surface area contributed by atoms with Crippen LogP contribution in [0.3, 0.4) is 0 Å². The Bertz CT molecular complexity index is 724.